The smallest absolute Gasteiger partial charge is 0.145 e. The lowest BCUT2D eigenvalue weighted by Gasteiger charge is -2.02. The van der Waals surface area contributed by atoms with E-state index in [-0.39, 0.29) is 0 Å². The van der Waals surface area contributed by atoms with Crippen LogP contribution >= 0.6 is 0 Å². The number of hydrogen-bond acceptors (Lipinski definition) is 3. The van der Waals surface area contributed by atoms with Crippen LogP contribution in [0.4, 0.5) is 0 Å². The fourth-order valence-electron chi connectivity index (χ4n) is 1.40. The van der Waals surface area contributed by atoms with Gasteiger partial charge in [-0.2, -0.15) is 0 Å². The summed E-state index contributed by atoms with van der Waals surface area (Å²) in [6.07, 6.45) is 1.61. The molecule has 0 aliphatic carbocycles. The number of rotatable bonds is 3. The predicted molar refractivity (Wildman–Crippen MR) is 62.3 cm³/mol. The lowest BCUT2D eigenvalue weighted by atomic mass is 10.2. The van der Waals surface area contributed by atoms with Crippen molar-refractivity contribution in [1.82, 2.24) is 14.8 Å². The summed E-state index contributed by atoms with van der Waals surface area (Å²) in [4.78, 5) is 0.836. The second-order valence-corrected chi connectivity index (χ2v) is 5.12. The van der Waals surface area contributed by atoms with Gasteiger partial charge in [0.25, 0.3) is 0 Å². The first-order valence-corrected chi connectivity index (χ1v) is 6.26. The first-order valence-electron chi connectivity index (χ1n) is 4.95. The highest BCUT2D eigenvalue weighted by Gasteiger charge is 2.09. The van der Waals surface area contributed by atoms with E-state index in [4.69, 9.17) is 0 Å². The maximum absolute atomic E-state index is 12.0. The lowest BCUT2D eigenvalue weighted by molar-refractivity contribution is 0.679. The summed E-state index contributed by atoms with van der Waals surface area (Å²) in [6, 6.07) is 7.72. The van der Waals surface area contributed by atoms with Crippen LogP contribution < -0.4 is 0 Å². The Hall–Kier alpha value is -1.49. The van der Waals surface area contributed by atoms with Crippen molar-refractivity contribution in [2.75, 3.05) is 0 Å². The minimum atomic E-state index is -1.06. The van der Waals surface area contributed by atoms with Gasteiger partial charge in [0.2, 0.25) is 0 Å². The van der Waals surface area contributed by atoms with Gasteiger partial charge in [0.05, 0.1) is 16.6 Å². The maximum atomic E-state index is 12.0. The van der Waals surface area contributed by atoms with Crippen molar-refractivity contribution >= 4 is 10.8 Å². The molecule has 5 heteroatoms. The van der Waals surface area contributed by atoms with Crippen molar-refractivity contribution in [3.63, 3.8) is 0 Å². The fourth-order valence-corrected chi connectivity index (χ4v) is 2.61. The average molecular weight is 235 g/mol. The van der Waals surface area contributed by atoms with Crippen LogP contribution in [0.25, 0.3) is 0 Å². The normalized spacial score (nSPS) is 12.6. The van der Waals surface area contributed by atoms with E-state index < -0.39 is 10.8 Å². The molecule has 16 heavy (non-hydrogen) atoms. The molecule has 0 bridgehead atoms. The van der Waals surface area contributed by atoms with Gasteiger partial charge in [0, 0.05) is 11.9 Å². The van der Waals surface area contributed by atoms with E-state index in [1.165, 1.54) is 0 Å². The zero-order chi connectivity index (χ0) is 11.5. The van der Waals surface area contributed by atoms with Crippen LogP contribution in [0, 0.1) is 6.92 Å². The molecule has 0 N–H and O–H groups in total. The fraction of sp³-hybridized carbons (Fsp3) is 0.273. The number of hydrogen-bond donors (Lipinski definition) is 0. The highest BCUT2D eigenvalue weighted by atomic mass is 32.2. The van der Waals surface area contributed by atoms with E-state index in [0.717, 1.165) is 16.3 Å². The number of nitrogens with zero attached hydrogens (tertiary/aromatic N) is 3. The molecular formula is C11H13N3OS. The molecule has 4 nitrogen and oxygen atoms in total. The second kappa shape index (κ2) is 4.57. The Morgan fingerprint density at radius 2 is 2.25 bits per heavy atom. The summed E-state index contributed by atoms with van der Waals surface area (Å²) in [7, 11) is 0.793. The molecule has 84 valence electrons. The van der Waals surface area contributed by atoms with Crippen LogP contribution in [0.3, 0.4) is 0 Å². The zero-order valence-electron chi connectivity index (χ0n) is 9.25. The SMILES string of the molecule is Cc1cccc([S@@](=O)Cc2nncn2C)c1. The Kier molecular flexibility index (Phi) is 3.14. The topological polar surface area (TPSA) is 47.8 Å². The largest absolute Gasteiger partial charge is 0.320 e. The van der Waals surface area contributed by atoms with Crippen LogP contribution in [0.1, 0.15) is 11.4 Å². The first-order chi connectivity index (χ1) is 7.66. The summed E-state index contributed by atoms with van der Waals surface area (Å²) in [5.41, 5.74) is 1.11. The zero-order valence-corrected chi connectivity index (χ0v) is 10.1. The molecule has 1 heterocycles. The van der Waals surface area contributed by atoms with Gasteiger partial charge in [0.1, 0.15) is 12.2 Å². The molecule has 0 aliphatic rings. The van der Waals surface area contributed by atoms with Crippen LogP contribution in [-0.2, 0) is 23.6 Å². The molecule has 0 amide bonds. The average Bonchev–Trinajstić information content (AvgIpc) is 2.64. The molecular weight excluding hydrogens is 222 g/mol. The van der Waals surface area contributed by atoms with Crippen molar-refractivity contribution < 1.29 is 4.21 Å². The first kappa shape index (κ1) is 11.0. The van der Waals surface area contributed by atoms with Crippen LogP contribution in [-0.4, -0.2) is 19.0 Å². The van der Waals surface area contributed by atoms with E-state index >= 15 is 0 Å². The lowest BCUT2D eigenvalue weighted by Crippen LogP contribution is -2.03. The van der Waals surface area contributed by atoms with Crippen LogP contribution in [0.2, 0.25) is 0 Å². The van der Waals surface area contributed by atoms with E-state index in [2.05, 4.69) is 10.2 Å². The number of aromatic nitrogens is 3. The molecule has 1 atom stereocenters. The van der Waals surface area contributed by atoms with Gasteiger partial charge in [-0.3, -0.25) is 4.21 Å². The van der Waals surface area contributed by atoms with Crippen molar-refractivity contribution in [3.8, 4) is 0 Å². The van der Waals surface area contributed by atoms with Crippen molar-refractivity contribution in [2.45, 2.75) is 17.6 Å². The maximum Gasteiger partial charge on any atom is 0.145 e. The molecule has 0 saturated heterocycles. The number of aryl methyl sites for hydroxylation is 2. The third kappa shape index (κ3) is 2.36. The Morgan fingerprint density at radius 1 is 1.44 bits per heavy atom. The van der Waals surface area contributed by atoms with Gasteiger partial charge in [-0.05, 0) is 24.6 Å². The molecule has 2 rings (SSSR count). The molecule has 0 saturated carbocycles. The summed E-state index contributed by atoms with van der Waals surface area (Å²) in [6.45, 7) is 1.99. The van der Waals surface area contributed by atoms with Gasteiger partial charge >= 0.3 is 0 Å². The third-order valence-electron chi connectivity index (χ3n) is 2.32. The Bertz CT molecular complexity index is 521. The van der Waals surface area contributed by atoms with Crippen LogP contribution in [0.5, 0.6) is 0 Å². The molecule has 0 unspecified atom stereocenters. The summed E-state index contributed by atoms with van der Waals surface area (Å²) >= 11 is 0. The summed E-state index contributed by atoms with van der Waals surface area (Å²) < 4.78 is 13.8. The highest BCUT2D eigenvalue weighted by molar-refractivity contribution is 7.84. The van der Waals surface area contributed by atoms with Gasteiger partial charge in [-0.15, -0.1) is 10.2 Å². The van der Waals surface area contributed by atoms with Crippen molar-refractivity contribution in [3.05, 3.63) is 42.0 Å². The predicted octanol–water partition coefficient (Wildman–Crippen LogP) is 1.43. The molecule has 2 aromatic rings. The standard InChI is InChI=1S/C11H13N3OS/c1-9-4-3-5-10(6-9)16(15)7-11-13-12-8-14(11)2/h3-6,8H,7H2,1-2H3/t16-/m0/s1. The summed E-state index contributed by atoms with van der Waals surface area (Å²) in [5, 5.41) is 7.69. The highest BCUT2D eigenvalue weighted by Crippen LogP contribution is 2.12. The van der Waals surface area contributed by atoms with Crippen LogP contribution in [0.15, 0.2) is 35.5 Å². The van der Waals surface area contributed by atoms with E-state index in [1.54, 1.807) is 10.9 Å². The Morgan fingerprint density at radius 3 is 2.88 bits per heavy atom. The van der Waals surface area contributed by atoms with Gasteiger partial charge in [-0.25, -0.2) is 0 Å². The third-order valence-corrected chi connectivity index (χ3v) is 3.62. The Labute approximate surface area is 96.8 Å². The molecule has 0 fully saturated rings. The van der Waals surface area contributed by atoms with Crippen molar-refractivity contribution in [1.29, 1.82) is 0 Å². The molecule has 1 aromatic carbocycles. The molecule has 0 spiro atoms. The van der Waals surface area contributed by atoms with E-state index in [1.807, 2.05) is 38.2 Å². The monoisotopic (exact) mass is 235 g/mol. The molecule has 0 radical (unpaired) electrons. The number of benzene rings is 1. The van der Waals surface area contributed by atoms with Crippen molar-refractivity contribution in [2.24, 2.45) is 7.05 Å². The molecule has 1 aromatic heterocycles. The minimum absolute atomic E-state index is 0.403. The summed E-state index contributed by atoms with van der Waals surface area (Å²) in [5.74, 6) is 1.14. The minimum Gasteiger partial charge on any atom is -0.320 e. The molecule has 0 aliphatic heterocycles. The van der Waals surface area contributed by atoms with Gasteiger partial charge in [0.15, 0.2) is 0 Å². The van der Waals surface area contributed by atoms with Gasteiger partial charge in [-0.1, -0.05) is 12.1 Å². The second-order valence-electron chi connectivity index (χ2n) is 3.66. The van der Waals surface area contributed by atoms with E-state index in [0.29, 0.717) is 5.75 Å². The van der Waals surface area contributed by atoms with Gasteiger partial charge < -0.3 is 4.57 Å². The van der Waals surface area contributed by atoms with E-state index in [9.17, 15) is 4.21 Å². The quantitative estimate of drug-likeness (QED) is 0.808. The Balaban J connectivity index is 2.18.